The van der Waals surface area contributed by atoms with Crippen LogP contribution in [0.15, 0.2) is 45.8 Å². The molecule has 0 unspecified atom stereocenters. The summed E-state index contributed by atoms with van der Waals surface area (Å²) < 4.78 is 27.7. The van der Waals surface area contributed by atoms with Crippen molar-refractivity contribution in [3.05, 3.63) is 55.9 Å². The summed E-state index contributed by atoms with van der Waals surface area (Å²) in [6.45, 7) is 0. The molecular formula is C12H7BrCl3NO2S. The molecular weight excluding hydrogens is 408 g/mol. The number of nitrogens with one attached hydrogen (secondary N) is 1. The molecule has 2 aromatic carbocycles. The Hall–Kier alpha value is -0.460. The number of para-hydroxylation sites is 1. The number of anilines is 1. The molecule has 0 aromatic heterocycles. The highest BCUT2D eigenvalue weighted by molar-refractivity contribution is 9.10. The zero-order chi connectivity index (χ0) is 14.9. The summed E-state index contributed by atoms with van der Waals surface area (Å²) >= 11 is 21.0. The van der Waals surface area contributed by atoms with Crippen LogP contribution in [0.3, 0.4) is 0 Å². The van der Waals surface area contributed by atoms with Crippen LogP contribution < -0.4 is 4.72 Å². The summed E-state index contributed by atoms with van der Waals surface area (Å²) in [6, 6.07) is 9.38. The molecule has 106 valence electrons. The second kappa shape index (κ2) is 6.12. The van der Waals surface area contributed by atoms with Crippen molar-refractivity contribution in [2.24, 2.45) is 0 Å². The minimum atomic E-state index is -3.93. The molecule has 0 saturated carbocycles. The van der Waals surface area contributed by atoms with Gasteiger partial charge in [-0.25, -0.2) is 8.42 Å². The predicted octanol–water partition coefficient (Wildman–Crippen LogP) is 5.21. The summed E-state index contributed by atoms with van der Waals surface area (Å²) in [7, 11) is -3.93. The van der Waals surface area contributed by atoms with Crippen LogP contribution >= 0.6 is 50.7 Å². The molecule has 0 atom stereocenters. The first kappa shape index (κ1) is 15.9. The molecule has 0 heterocycles. The van der Waals surface area contributed by atoms with Gasteiger partial charge in [-0.2, -0.15) is 0 Å². The molecule has 0 saturated heterocycles. The van der Waals surface area contributed by atoms with Gasteiger partial charge in [0.05, 0.1) is 20.8 Å². The lowest BCUT2D eigenvalue weighted by Crippen LogP contribution is -2.14. The van der Waals surface area contributed by atoms with E-state index < -0.39 is 10.0 Å². The van der Waals surface area contributed by atoms with Gasteiger partial charge < -0.3 is 0 Å². The Morgan fingerprint density at radius 3 is 2.05 bits per heavy atom. The Labute approximate surface area is 140 Å². The number of sulfonamides is 1. The number of rotatable bonds is 3. The van der Waals surface area contributed by atoms with E-state index in [1.807, 2.05) is 0 Å². The quantitative estimate of drug-likeness (QED) is 0.748. The van der Waals surface area contributed by atoms with Crippen LogP contribution in [-0.4, -0.2) is 8.42 Å². The van der Waals surface area contributed by atoms with E-state index in [2.05, 4.69) is 20.7 Å². The normalized spacial score (nSPS) is 11.4. The number of hydrogen-bond donors (Lipinski definition) is 1. The second-order valence-electron chi connectivity index (χ2n) is 3.78. The summed E-state index contributed by atoms with van der Waals surface area (Å²) in [6.07, 6.45) is 0. The van der Waals surface area contributed by atoms with Crippen molar-refractivity contribution in [1.29, 1.82) is 0 Å². The topological polar surface area (TPSA) is 46.2 Å². The summed E-state index contributed by atoms with van der Waals surface area (Å²) in [5.74, 6) is 0. The Morgan fingerprint density at radius 2 is 1.50 bits per heavy atom. The lowest BCUT2D eigenvalue weighted by molar-refractivity contribution is 0.601. The van der Waals surface area contributed by atoms with Gasteiger partial charge in [-0.1, -0.05) is 62.9 Å². The van der Waals surface area contributed by atoms with Crippen molar-refractivity contribution in [2.75, 3.05) is 4.72 Å². The minimum Gasteiger partial charge on any atom is -0.278 e. The van der Waals surface area contributed by atoms with E-state index in [-0.39, 0.29) is 25.7 Å². The molecule has 1 N–H and O–H groups in total. The molecule has 20 heavy (non-hydrogen) atoms. The molecule has 0 fully saturated rings. The maximum atomic E-state index is 12.4. The fourth-order valence-corrected chi connectivity index (χ4v) is 4.78. The monoisotopic (exact) mass is 413 g/mol. The van der Waals surface area contributed by atoms with Gasteiger partial charge in [0.2, 0.25) is 0 Å². The summed E-state index contributed by atoms with van der Waals surface area (Å²) in [5, 5.41) is 0.313. The Morgan fingerprint density at radius 1 is 0.950 bits per heavy atom. The largest absolute Gasteiger partial charge is 0.278 e. The van der Waals surface area contributed by atoms with Crippen LogP contribution in [0.5, 0.6) is 0 Å². The molecule has 0 aliphatic rings. The van der Waals surface area contributed by atoms with Crippen molar-refractivity contribution >= 4 is 66.4 Å². The van der Waals surface area contributed by atoms with Gasteiger partial charge in [0.25, 0.3) is 10.0 Å². The Balaban J connectivity index is 2.50. The van der Waals surface area contributed by atoms with E-state index in [0.29, 0.717) is 4.47 Å². The predicted molar refractivity (Wildman–Crippen MR) is 86.4 cm³/mol. The molecule has 0 bridgehead atoms. The van der Waals surface area contributed by atoms with Crippen molar-refractivity contribution in [1.82, 2.24) is 0 Å². The highest BCUT2D eigenvalue weighted by Gasteiger charge is 2.23. The first-order chi connectivity index (χ1) is 9.31. The van der Waals surface area contributed by atoms with Gasteiger partial charge in [-0.3, -0.25) is 4.72 Å². The molecule has 0 aliphatic heterocycles. The van der Waals surface area contributed by atoms with Gasteiger partial charge in [0, 0.05) is 4.47 Å². The van der Waals surface area contributed by atoms with Gasteiger partial charge in [0.1, 0.15) is 4.90 Å². The molecule has 8 heteroatoms. The summed E-state index contributed by atoms with van der Waals surface area (Å²) in [5.41, 5.74) is 0.254. The van der Waals surface area contributed by atoms with Gasteiger partial charge in [-0.05, 0) is 24.3 Å². The molecule has 0 spiro atoms. The molecule has 0 radical (unpaired) electrons. The van der Waals surface area contributed by atoms with Crippen molar-refractivity contribution in [3.63, 3.8) is 0 Å². The first-order valence-electron chi connectivity index (χ1n) is 5.23. The second-order valence-corrected chi connectivity index (χ2v) is 7.54. The standard InChI is InChI=1S/C12H7BrCl3NO2S/c13-7-5-9(15)12(10(16)6-7)20(18,19)17-11-4-2-1-3-8(11)14/h1-6,17H. The van der Waals surface area contributed by atoms with E-state index in [4.69, 9.17) is 34.8 Å². The lowest BCUT2D eigenvalue weighted by atomic mass is 10.3. The number of hydrogen-bond acceptors (Lipinski definition) is 2. The first-order valence-corrected chi connectivity index (χ1v) is 8.64. The van der Waals surface area contributed by atoms with Crippen LogP contribution in [0.2, 0.25) is 15.1 Å². The molecule has 2 rings (SSSR count). The van der Waals surface area contributed by atoms with Gasteiger partial charge >= 0.3 is 0 Å². The fraction of sp³-hybridized carbons (Fsp3) is 0. The van der Waals surface area contributed by atoms with E-state index in [9.17, 15) is 8.42 Å². The number of halogens is 4. The highest BCUT2D eigenvalue weighted by Crippen LogP contribution is 2.34. The molecule has 0 amide bonds. The van der Waals surface area contributed by atoms with Crippen LogP contribution in [-0.2, 0) is 10.0 Å². The van der Waals surface area contributed by atoms with Crippen LogP contribution in [0, 0.1) is 0 Å². The van der Waals surface area contributed by atoms with E-state index in [0.717, 1.165) is 0 Å². The van der Waals surface area contributed by atoms with Gasteiger partial charge in [-0.15, -0.1) is 0 Å². The highest BCUT2D eigenvalue weighted by atomic mass is 79.9. The molecule has 2 aromatic rings. The third kappa shape index (κ3) is 3.40. The Bertz CT molecular complexity index is 742. The fourth-order valence-electron chi connectivity index (χ4n) is 1.53. The third-order valence-corrected chi connectivity index (χ3v) is 5.42. The maximum absolute atomic E-state index is 12.4. The summed E-state index contributed by atoms with van der Waals surface area (Å²) in [4.78, 5) is -0.191. The van der Waals surface area contributed by atoms with E-state index in [1.165, 1.54) is 12.1 Å². The molecule has 3 nitrogen and oxygen atoms in total. The average molecular weight is 416 g/mol. The minimum absolute atomic E-state index is 0.0175. The third-order valence-electron chi connectivity index (χ3n) is 2.35. The average Bonchev–Trinajstić information content (AvgIpc) is 2.30. The smallest absolute Gasteiger partial charge is 0.264 e. The van der Waals surface area contributed by atoms with Crippen molar-refractivity contribution < 1.29 is 8.42 Å². The van der Waals surface area contributed by atoms with Crippen molar-refractivity contribution in [3.8, 4) is 0 Å². The van der Waals surface area contributed by atoms with Crippen LogP contribution in [0.4, 0.5) is 5.69 Å². The zero-order valence-corrected chi connectivity index (χ0v) is 14.4. The Kier molecular flexibility index (Phi) is 4.87. The van der Waals surface area contributed by atoms with Crippen molar-refractivity contribution in [2.45, 2.75) is 4.90 Å². The zero-order valence-electron chi connectivity index (χ0n) is 9.70. The van der Waals surface area contributed by atoms with E-state index in [1.54, 1.807) is 24.3 Å². The SMILES string of the molecule is O=S(=O)(Nc1ccccc1Cl)c1c(Cl)cc(Br)cc1Cl. The lowest BCUT2D eigenvalue weighted by Gasteiger charge is -2.12. The molecule has 0 aliphatic carbocycles. The maximum Gasteiger partial charge on any atom is 0.264 e. The van der Waals surface area contributed by atoms with Gasteiger partial charge in [0.15, 0.2) is 0 Å². The van der Waals surface area contributed by atoms with Crippen LogP contribution in [0.1, 0.15) is 0 Å². The number of benzene rings is 2. The van der Waals surface area contributed by atoms with Crippen LogP contribution in [0.25, 0.3) is 0 Å². The van der Waals surface area contributed by atoms with E-state index >= 15 is 0 Å².